The van der Waals surface area contributed by atoms with Crippen LogP contribution in [0.1, 0.15) is 0 Å². The van der Waals surface area contributed by atoms with Crippen LogP contribution in [0.15, 0.2) is 24.8 Å². The van der Waals surface area contributed by atoms with Crippen molar-refractivity contribution in [2.45, 2.75) is 12.1 Å². The Morgan fingerprint density at radius 2 is 1.45 bits per heavy atom. The summed E-state index contributed by atoms with van der Waals surface area (Å²) in [6, 6.07) is 0. The van der Waals surface area contributed by atoms with Crippen molar-refractivity contribution in [3.05, 3.63) is 24.8 Å². The Hall–Kier alpha value is -0.870. The van der Waals surface area contributed by atoms with Gasteiger partial charge in [0.05, 0.1) is 0 Å². The number of allylic oxidation sites excluding steroid dienone is 3. The van der Waals surface area contributed by atoms with Gasteiger partial charge in [-0.3, -0.25) is 0 Å². The molecule has 0 aliphatic carbocycles. The predicted octanol–water partition coefficient (Wildman–Crippen LogP) is 2.93. The van der Waals surface area contributed by atoms with Gasteiger partial charge < -0.3 is 0 Å². The number of rotatable bonds is 2. The fraction of sp³-hybridized carbons (Fsp3) is 0.333. The van der Waals surface area contributed by atoms with Crippen LogP contribution in [0.25, 0.3) is 0 Å². The first-order valence-electron chi connectivity index (χ1n) is 2.56. The van der Waals surface area contributed by atoms with Crippen molar-refractivity contribution >= 4 is 0 Å². The van der Waals surface area contributed by atoms with Crippen molar-refractivity contribution in [3.63, 3.8) is 0 Å². The second kappa shape index (κ2) is 3.02. The van der Waals surface area contributed by atoms with E-state index in [9.17, 15) is 22.0 Å². The van der Waals surface area contributed by atoms with E-state index in [-0.39, 0.29) is 6.08 Å². The van der Waals surface area contributed by atoms with Crippen LogP contribution in [0.3, 0.4) is 0 Å². The summed E-state index contributed by atoms with van der Waals surface area (Å²) in [5.41, 5.74) is 0. The smallest absolute Gasteiger partial charge is 0.191 e. The summed E-state index contributed by atoms with van der Waals surface area (Å²) in [6.07, 6.45) is -4.38. The van der Waals surface area contributed by atoms with Gasteiger partial charge in [0.25, 0.3) is 0 Å². The first kappa shape index (κ1) is 10.1. The first-order valence-corrected chi connectivity index (χ1v) is 2.56. The van der Waals surface area contributed by atoms with Crippen molar-refractivity contribution in [2.24, 2.45) is 0 Å². The summed E-state index contributed by atoms with van der Waals surface area (Å²) in [5.74, 6) is -4.76. The summed E-state index contributed by atoms with van der Waals surface area (Å²) in [6.45, 7) is 2.96. The summed E-state index contributed by atoms with van der Waals surface area (Å²) >= 11 is 0. The van der Waals surface area contributed by atoms with Gasteiger partial charge >= 0.3 is 12.1 Å². The molecule has 0 saturated carbocycles. The van der Waals surface area contributed by atoms with Crippen molar-refractivity contribution in [2.75, 3.05) is 0 Å². The number of alkyl halides is 5. The molecule has 0 aliphatic heterocycles. The van der Waals surface area contributed by atoms with Gasteiger partial charge in [0.1, 0.15) is 0 Å². The van der Waals surface area contributed by atoms with Crippen molar-refractivity contribution in [3.8, 4) is 0 Å². The average molecular weight is 172 g/mol. The van der Waals surface area contributed by atoms with E-state index in [0.29, 0.717) is 6.08 Å². The van der Waals surface area contributed by atoms with E-state index in [1.54, 1.807) is 0 Å². The highest BCUT2D eigenvalue weighted by Gasteiger charge is 2.55. The van der Waals surface area contributed by atoms with Crippen LogP contribution in [0.5, 0.6) is 0 Å². The van der Waals surface area contributed by atoms with Gasteiger partial charge in [-0.15, -0.1) is 0 Å². The van der Waals surface area contributed by atoms with Crippen LogP contribution < -0.4 is 0 Å². The first-order chi connectivity index (χ1) is 4.81. The zero-order valence-electron chi connectivity index (χ0n) is 5.33. The van der Waals surface area contributed by atoms with E-state index in [1.165, 1.54) is 0 Å². The van der Waals surface area contributed by atoms with E-state index < -0.39 is 12.1 Å². The minimum atomic E-state index is -5.52. The van der Waals surface area contributed by atoms with Gasteiger partial charge in [-0.25, -0.2) is 0 Å². The molecular weight excluding hydrogens is 167 g/mol. The lowest BCUT2D eigenvalue weighted by Crippen LogP contribution is -2.33. The molecular formula is C6H5F5. The quantitative estimate of drug-likeness (QED) is 0.443. The van der Waals surface area contributed by atoms with Crippen LogP contribution in [0.2, 0.25) is 0 Å². The zero-order valence-corrected chi connectivity index (χ0v) is 5.33. The topological polar surface area (TPSA) is 0 Å². The fourth-order valence-corrected chi connectivity index (χ4v) is 0.283. The summed E-state index contributed by atoms with van der Waals surface area (Å²) in [5, 5.41) is 0. The Labute approximate surface area is 60.0 Å². The Morgan fingerprint density at radius 3 is 1.73 bits per heavy atom. The molecule has 0 fully saturated rings. The van der Waals surface area contributed by atoms with Crippen LogP contribution >= 0.6 is 0 Å². The minimum absolute atomic E-state index is 0.250. The largest absolute Gasteiger partial charge is 0.457 e. The lowest BCUT2D eigenvalue weighted by molar-refractivity contribution is -0.259. The number of hydrogen-bond acceptors (Lipinski definition) is 0. The maximum atomic E-state index is 11.9. The lowest BCUT2D eigenvalue weighted by atomic mass is 10.3. The SMILES string of the molecule is C=CC=CC(F)(F)C(F)(F)F. The third-order valence-corrected chi connectivity index (χ3v) is 0.820. The molecule has 0 nitrogen and oxygen atoms in total. The Bertz CT molecular complexity index is 164. The highest BCUT2D eigenvalue weighted by atomic mass is 19.4. The zero-order chi connectivity index (χ0) is 9.12. The second-order valence-electron chi connectivity index (χ2n) is 1.72. The van der Waals surface area contributed by atoms with Gasteiger partial charge in [-0.05, 0) is 6.08 Å². The molecule has 0 heterocycles. The van der Waals surface area contributed by atoms with Crippen LogP contribution in [-0.4, -0.2) is 12.1 Å². The molecule has 0 N–H and O–H groups in total. The van der Waals surface area contributed by atoms with Gasteiger partial charge in [-0.2, -0.15) is 22.0 Å². The molecule has 0 unspecified atom stereocenters. The van der Waals surface area contributed by atoms with E-state index in [1.807, 2.05) is 0 Å². The summed E-state index contributed by atoms with van der Waals surface area (Å²) in [7, 11) is 0. The Morgan fingerprint density at radius 1 is 1.00 bits per heavy atom. The van der Waals surface area contributed by atoms with Gasteiger partial charge in [0, 0.05) is 0 Å². The van der Waals surface area contributed by atoms with E-state index in [4.69, 9.17) is 0 Å². The van der Waals surface area contributed by atoms with Crippen LogP contribution in [0, 0.1) is 0 Å². The lowest BCUT2D eigenvalue weighted by Gasteiger charge is -2.14. The molecule has 0 bridgehead atoms. The molecule has 0 rings (SSSR count). The molecule has 0 amide bonds. The standard InChI is InChI=1S/C6H5F5/c1-2-3-4-5(7,8)6(9,10)11/h2-4H,1H2. The highest BCUT2D eigenvalue weighted by Crippen LogP contribution is 2.36. The van der Waals surface area contributed by atoms with Crippen molar-refractivity contribution < 1.29 is 22.0 Å². The highest BCUT2D eigenvalue weighted by molar-refractivity contribution is 5.06. The third kappa shape index (κ3) is 2.69. The summed E-state index contributed by atoms with van der Waals surface area (Å²) < 4.78 is 57.7. The number of halogens is 5. The van der Waals surface area contributed by atoms with Gasteiger partial charge in [-0.1, -0.05) is 18.7 Å². The molecule has 5 heteroatoms. The maximum absolute atomic E-state index is 11.9. The van der Waals surface area contributed by atoms with Crippen LogP contribution in [0.4, 0.5) is 22.0 Å². The minimum Gasteiger partial charge on any atom is -0.191 e. The van der Waals surface area contributed by atoms with Crippen molar-refractivity contribution in [1.29, 1.82) is 0 Å². The van der Waals surface area contributed by atoms with Crippen molar-refractivity contribution in [1.82, 2.24) is 0 Å². The number of hydrogen-bond donors (Lipinski definition) is 0. The Balaban J connectivity index is 4.46. The Kier molecular flexibility index (Phi) is 2.78. The van der Waals surface area contributed by atoms with Crippen LogP contribution in [-0.2, 0) is 0 Å². The molecule has 64 valence electrons. The monoisotopic (exact) mass is 172 g/mol. The molecule has 0 aromatic heterocycles. The molecule has 0 spiro atoms. The molecule has 0 aromatic rings. The molecule has 0 saturated heterocycles. The van der Waals surface area contributed by atoms with E-state index >= 15 is 0 Å². The molecule has 0 aliphatic rings. The predicted molar refractivity (Wildman–Crippen MR) is 30.3 cm³/mol. The average Bonchev–Trinajstić information content (AvgIpc) is 1.81. The normalized spacial score (nSPS) is 13.9. The molecule has 0 atom stereocenters. The van der Waals surface area contributed by atoms with E-state index in [2.05, 4.69) is 6.58 Å². The third-order valence-electron chi connectivity index (χ3n) is 0.820. The molecule has 11 heavy (non-hydrogen) atoms. The van der Waals surface area contributed by atoms with E-state index in [0.717, 1.165) is 6.08 Å². The molecule has 0 radical (unpaired) electrons. The maximum Gasteiger partial charge on any atom is 0.457 e. The fourth-order valence-electron chi connectivity index (χ4n) is 0.283. The van der Waals surface area contributed by atoms with Gasteiger partial charge in [0.2, 0.25) is 0 Å². The second-order valence-corrected chi connectivity index (χ2v) is 1.72. The van der Waals surface area contributed by atoms with Gasteiger partial charge in [0.15, 0.2) is 0 Å². The summed E-state index contributed by atoms with van der Waals surface area (Å²) in [4.78, 5) is 0. The molecule has 0 aromatic carbocycles.